The zero-order valence-corrected chi connectivity index (χ0v) is 23.8. The lowest BCUT2D eigenvalue weighted by molar-refractivity contribution is 0.244. The predicted molar refractivity (Wildman–Crippen MR) is 162 cm³/mol. The fraction of sp³-hybridized carbons (Fsp3) is 0.433. The minimum atomic E-state index is -0.283. The summed E-state index contributed by atoms with van der Waals surface area (Å²) in [5.74, 6) is 0.118. The molecule has 1 aromatic heterocycles. The van der Waals surface area contributed by atoms with Crippen molar-refractivity contribution in [3.05, 3.63) is 76.8 Å². The van der Waals surface area contributed by atoms with Gasteiger partial charge in [0, 0.05) is 36.1 Å². The molecule has 2 aromatic rings. The van der Waals surface area contributed by atoms with Gasteiger partial charge in [-0.3, -0.25) is 14.9 Å². The molecule has 40 heavy (non-hydrogen) atoms. The lowest BCUT2D eigenvalue weighted by Crippen LogP contribution is -2.51. The number of rotatable bonds is 13. The summed E-state index contributed by atoms with van der Waals surface area (Å²) in [7, 11) is 0. The third-order valence-electron chi connectivity index (χ3n) is 7.16. The van der Waals surface area contributed by atoms with Crippen LogP contribution in [-0.2, 0) is 12.8 Å². The zero-order chi connectivity index (χ0) is 28.6. The number of aryl methyl sites for hydroxylation is 2. The summed E-state index contributed by atoms with van der Waals surface area (Å²) in [6, 6.07) is 12.5. The van der Waals surface area contributed by atoms with Gasteiger partial charge in [-0.25, -0.2) is 4.79 Å². The highest BCUT2D eigenvalue weighted by Gasteiger charge is 2.31. The van der Waals surface area contributed by atoms with Crippen LogP contribution in [0.15, 0.2) is 59.2 Å². The van der Waals surface area contributed by atoms with E-state index in [4.69, 9.17) is 22.2 Å². The number of urea groups is 1. The van der Waals surface area contributed by atoms with Gasteiger partial charge in [0.05, 0.1) is 17.1 Å². The third kappa shape index (κ3) is 7.61. The summed E-state index contributed by atoms with van der Waals surface area (Å²) < 4.78 is 0. The SMILES string of the molecule is CCc1cc(CCC[C@H](C)N)cc(C2=CC3=CN(c4ccc([C@H](C)NCCCN=C(N)N)cc4)C(=O)NC3N2)n1. The van der Waals surface area contributed by atoms with E-state index in [-0.39, 0.29) is 30.2 Å². The monoisotopic (exact) mass is 545 g/mol. The number of aliphatic imine (C=N–C) groups is 1. The van der Waals surface area contributed by atoms with Crippen molar-refractivity contribution >= 4 is 23.4 Å². The van der Waals surface area contributed by atoms with Crippen LogP contribution in [0.5, 0.6) is 0 Å². The van der Waals surface area contributed by atoms with Crippen LogP contribution >= 0.6 is 0 Å². The predicted octanol–water partition coefficient (Wildman–Crippen LogP) is 3.01. The second-order valence-electron chi connectivity index (χ2n) is 10.6. The highest BCUT2D eigenvalue weighted by atomic mass is 16.2. The minimum absolute atomic E-state index is 0.118. The van der Waals surface area contributed by atoms with Crippen LogP contribution in [0.1, 0.15) is 68.6 Å². The molecule has 9 N–H and O–H groups in total. The molecule has 0 fully saturated rings. The normalized spacial score (nSPS) is 17.8. The summed E-state index contributed by atoms with van der Waals surface area (Å²) in [6.07, 6.45) is 8.41. The van der Waals surface area contributed by atoms with Gasteiger partial charge in [-0.05, 0) is 94.0 Å². The number of anilines is 1. The summed E-state index contributed by atoms with van der Waals surface area (Å²) >= 11 is 0. The number of hydrogen-bond donors (Lipinski definition) is 6. The van der Waals surface area contributed by atoms with Crippen LogP contribution in [-0.4, -0.2) is 42.3 Å². The van der Waals surface area contributed by atoms with E-state index in [1.807, 2.05) is 37.4 Å². The van der Waals surface area contributed by atoms with Crippen molar-refractivity contribution in [2.45, 2.75) is 71.1 Å². The molecule has 0 spiro atoms. The number of guanidine groups is 1. The molecular formula is C30H43N9O. The Kier molecular flexibility index (Phi) is 9.79. The molecule has 1 aromatic carbocycles. The number of nitrogens with one attached hydrogen (secondary N) is 3. The topological polar surface area (TPSA) is 160 Å². The minimum Gasteiger partial charge on any atom is -0.370 e. The molecule has 3 heterocycles. The number of nitrogens with two attached hydrogens (primary N) is 3. The molecule has 214 valence electrons. The average Bonchev–Trinajstić information content (AvgIpc) is 3.34. The van der Waals surface area contributed by atoms with E-state index >= 15 is 0 Å². The standard InChI is InChI=1S/C30H43N9O/c1-4-24-15-21(8-5-7-19(2)31)16-26(36-24)27-17-23-18-39(30(40)38-28(23)37-27)25-11-9-22(10-12-25)20(3)34-13-6-14-35-29(32)33/h9-12,15-20,28,34,37H,4-8,13-14,31H2,1-3H3,(H,38,40)(H4,32,33,35)/t19-,20-,28?/m0/s1. The number of amides is 2. The summed E-state index contributed by atoms with van der Waals surface area (Å²) in [6.45, 7) is 7.67. The number of carbonyl (C=O) groups excluding carboxylic acids is 1. The van der Waals surface area contributed by atoms with Gasteiger partial charge in [-0.15, -0.1) is 0 Å². The van der Waals surface area contributed by atoms with E-state index in [1.54, 1.807) is 4.90 Å². The van der Waals surface area contributed by atoms with Gasteiger partial charge in [0.15, 0.2) is 5.96 Å². The Morgan fingerprint density at radius 3 is 2.62 bits per heavy atom. The molecule has 2 aliphatic heterocycles. The molecule has 0 radical (unpaired) electrons. The average molecular weight is 546 g/mol. The van der Waals surface area contributed by atoms with Gasteiger partial charge >= 0.3 is 6.03 Å². The lowest BCUT2D eigenvalue weighted by atomic mass is 10.0. The molecule has 0 saturated carbocycles. The fourth-order valence-corrected chi connectivity index (χ4v) is 4.89. The van der Waals surface area contributed by atoms with Crippen molar-refractivity contribution in [1.29, 1.82) is 0 Å². The smallest absolute Gasteiger partial charge is 0.327 e. The number of pyridine rings is 1. The molecule has 1 unspecified atom stereocenters. The second kappa shape index (κ2) is 13.5. The number of hydrogen-bond acceptors (Lipinski definition) is 6. The molecule has 10 nitrogen and oxygen atoms in total. The lowest BCUT2D eigenvalue weighted by Gasteiger charge is -2.29. The van der Waals surface area contributed by atoms with Crippen LogP contribution in [0.25, 0.3) is 5.70 Å². The van der Waals surface area contributed by atoms with Crippen molar-refractivity contribution in [1.82, 2.24) is 20.9 Å². The van der Waals surface area contributed by atoms with Gasteiger partial charge in [0.25, 0.3) is 0 Å². The maximum atomic E-state index is 13.0. The third-order valence-corrected chi connectivity index (χ3v) is 7.16. The number of benzene rings is 1. The van der Waals surface area contributed by atoms with Crippen LogP contribution in [0.2, 0.25) is 0 Å². The summed E-state index contributed by atoms with van der Waals surface area (Å²) in [5, 5.41) is 10.00. The summed E-state index contributed by atoms with van der Waals surface area (Å²) in [4.78, 5) is 23.5. The van der Waals surface area contributed by atoms with Crippen LogP contribution in [0.3, 0.4) is 0 Å². The van der Waals surface area contributed by atoms with Crippen molar-refractivity contribution in [3.63, 3.8) is 0 Å². The quantitative estimate of drug-likeness (QED) is 0.128. The number of fused-ring (bicyclic) bond motifs is 1. The zero-order valence-electron chi connectivity index (χ0n) is 23.8. The van der Waals surface area contributed by atoms with Crippen LogP contribution in [0, 0.1) is 0 Å². The first-order chi connectivity index (χ1) is 19.2. The van der Waals surface area contributed by atoms with E-state index < -0.39 is 0 Å². The molecule has 2 amide bonds. The molecule has 3 atom stereocenters. The van der Waals surface area contributed by atoms with Gasteiger partial charge in [-0.1, -0.05) is 19.1 Å². The maximum Gasteiger partial charge on any atom is 0.327 e. The van der Waals surface area contributed by atoms with Gasteiger partial charge < -0.3 is 33.2 Å². The fourth-order valence-electron chi connectivity index (χ4n) is 4.89. The van der Waals surface area contributed by atoms with Crippen LogP contribution in [0.4, 0.5) is 10.5 Å². The molecule has 4 rings (SSSR count). The molecule has 0 bridgehead atoms. The van der Waals surface area contributed by atoms with Crippen LogP contribution < -0.4 is 38.1 Å². The molecule has 0 aliphatic carbocycles. The van der Waals surface area contributed by atoms with Crippen molar-refractivity contribution in [2.75, 3.05) is 18.0 Å². The van der Waals surface area contributed by atoms with E-state index in [2.05, 4.69) is 53.0 Å². The Morgan fingerprint density at radius 2 is 1.93 bits per heavy atom. The highest BCUT2D eigenvalue weighted by Crippen LogP contribution is 2.29. The van der Waals surface area contributed by atoms with E-state index in [0.717, 1.165) is 72.6 Å². The van der Waals surface area contributed by atoms with Crippen molar-refractivity contribution < 1.29 is 4.79 Å². The van der Waals surface area contributed by atoms with Crippen molar-refractivity contribution in [3.8, 4) is 0 Å². The first kappa shape index (κ1) is 29.1. The molecule has 2 aliphatic rings. The first-order valence-electron chi connectivity index (χ1n) is 14.2. The second-order valence-corrected chi connectivity index (χ2v) is 10.6. The van der Waals surface area contributed by atoms with E-state index in [1.165, 1.54) is 5.56 Å². The molecule has 0 saturated heterocycles. The van der Waals surface area contributed by atoms with Gasteiger partial charge in [0.1, 0.15) is 6.17 Å². The maximum absolute atomic E-state index is 13.0. The largest absolute Gasteiger partial charge is 0.370 e. The Labute approximate surface area is 237 Å². The Bertz CT molecular complexity index is 1260. The number of carbonyl (C=O) groups is 1. The Hall–Kier alpha value is -3.89. The molecular weight excluding hydrogens is 502 g/mol. The first-order valence-corrected chi connectivity index (χ1v) is 14.2. The van der Waals surface area contributed by atoms with Crippen molar-refractivity contribution in [2.24, 2.45) is 22.2 Å². The molecule has 10 heteroatoms. The van der Waals surface area contributed by atoms with E-state index in [0.29, 0.717) is 6.54 Å². The summed E-state index contributed by atoms with van der Waals surface area (Å²) in [5.41, 5.74) is 23.7. The van der Waals surface area contributed by atoms with Gasteiger partial charge in [0.2, 0.25) is 0 Å². The van der Waals surface area contributed by atoms with Gasteiger partial charge in [-0.2, -0.15) is 0 Å². The van der Waals surface area contributed by atoms with E-state index in [9.17, 15) is 4.79 Å². The number of nitrogens with zero attached hydrogens (tertiary/aromatic N) is 3. The number of aromatic nitrogens is 1. The Morgan fingerprint density at radius 1 is 1.15 bits per heavy atom. The Balaban J connectivity index is 1.44. The highest BCUT2D eigenvalue weighted by molar-refractivity contribution is 5.96.